The summed E-state index contributed by atoms with van der Waals surface area (Å²) in [6, 6.07) is 16.5. The largest absolute Gasteiger partial charge is 0.392 e. The first-order chi connectivity index (χ1) is 11.8. The first-order valence-electron chi connectivity index (χ1n) is 8.01. The second-order valence-corrected chi connectivity index (χ2v) is 5.75. The molecule has 6 heteroatoms. The number of nitrogens with one attached hydrogen (secondary N) is 1. The minimum atomic E-state index is 0.0935. The molecular formula is C18H21N5O. The molecule has 0 amide bonds. The zero-order valence-corrected chi connectivity index (χ0v) is 13.6. The second kappa shape index (κ2) is 7.81. The summed E-state index contributed by atoms with van der Waals surface area (Å²) in [5.41, 5.74) is 4.38. The highest BCUT2D eigenvalue weighted by molar-refractivity contribution is 5.34. The Morgan fingerprint density at radius 1 is 1.04 bits per heavy atom. The van der Waals surface area contributed by atoms with Gasteiger partial charge in [-0.25, -0.2) is 4.68 Å². The average Bonchev–Trinajstić information content (AvgIpc) is 3.17. The van der Waals surface area contributed by atoms with E-state index < -0.39 is 0 Å². The zero-order chi connectivity index (χ0) is 16.8. The molecule has 1 aromatic heterocycles. The predicted octanol–water partition coefficient (Wildman–Crippen LogP) is 2.05. The third-order valence-electron chi connectivity index (χ3n) is 4.08. The van der Waals surface area contributed by atoms with E-state index in [0.717, 1.165) is 24.2 Å². The van der Waals surface area contributed by atoms with Crippen LogP contribution in [0, 0.1) is 0 Å². The molecule has 0 radical (unpaired) electrons. The summed E-state index contributed by atoms with van der Waals surface area (Å²) < 4.78 is 1.64. The molecule has 0 aliphatic rings. The number of nitrogens with zero attached hydrogens (tertiary/aromatic N) is 4. The van der Waals surface area contributed by atoms with E-state index in [4.69, 9.17) is 5.11 Å². The molecule has 0 aliphatic heterocycles. The van der Waals surface area contributed by atoms with E-state index in [2.05, 4.69) is 52.0 Å². The Morgan fingerprint density at radius 3 is 2.38 bits per heavy atom. The van der Waals surface area contributed by atoms with Crippen LogP contribution in [0.4, 0.5) is 0 Å². The number of aliphatic hydroxyl groups excluding tert-OH is 1. The van der Waals surface area contributed by atoms with E-state index in [1.54, 1.807) is 11.0 Å². The molecule has 2 aromatic carbocycles. The van der Waals surface area contributed by atoms with Gasteiger partial charge >= 0.3 is 0 Å². The van der Waals surface area contributed by atoms with E-state index in [0.29, 0.717) is 0 Å². The Hall–Kier alpha value is -2.57. The molecule has 1 unspecified atom stereocenters. The second-order valence-electron chi connectivity index (χ2n) is 5.75. The molecule has 3 rings (SSSR count). The molecule has 0 spiro atoms. The van der Waals surface area contributed by atoms with E-state index in [1.807, 2.05) is 24.3 Å². The molecule has 0 saturated heterocycles. The highest BCUT2D eigenvalue weighted by Crippen LogP contribution is 2.15. The van der Waals surface area contributed by atoms with Crippen LogP contribution in [0.5, 0.6) is 0 Å². The smallest absolute Gasteiger partial charge is 0.143 e. The van der Waals surface area contributed by atoms with Crippen molar-refractivity contribution in [1.82, 2.24) is 25.5 Å². The van der Waals surface area contributed by atoms with Crippen molar-refractivity contribution < 1.29 is 5.11 Å². The van der Waals surface area contributed by atoms with Crippen LogP contribution in [0.15, 0.2) is 54.9 Å². The monoisotopic (exact) mass is 323 g/mol. The van der Waals surface area contributed by atoms with Crippen molar-refractivity contribution in [3.05, 3.63) is 71.5 Å². The van der Waals surface area contributed by atoms with Crippen molar-refractivity contribution in [2.75, 3.05) is 6.54 Å². The third kappa shape index (κ3) is 4.04. The quantitative estimate of drug-likeness (QED) is 0.696. The van der Waals surface area contributed by atoms with Gasteiger partial charge in [-0.3, -0.25) is 0 Å². The summed E-state index contributed by atoms with van der Waals surface area (Å²) >= 11 is 0. The first-order valence-corrected chi connectivity index (χ1v) is 8.01. The molecule has 124 valence electrons. The highest BCUT2D eigenvalue weighted by atomic mass is 16.3. The minimum Gasteiger partial charge on any atom is -0.392 e. The van der Waals surface area contributed by atoms with E-state index >= 15 is 0 Å². The number of hydrogen-bond donors (Lipinski definition) is 2. The van der Waals surface area contributed by atoms with Gasteiger partial charge in [-0.15, -0.1) is 5.10 Å². The van der Waals surface area contributed by atoms with Crippen LogP contribution < -0.4 is 5.32 Å². The fourth-order valence-electron chi connectivity index (χ4n) is 2.56. The normalized spacial score (nSPS) is 12.2. The van der Waals surface area contributed by atoms with Gasteiger partial charge in [0.15, 0.2) is 0 Å². The molecule has 24 heavy (non-hydrogen) atoms. The van der Waals surface area contributed by atoms with Crippen molar-refractivity contribution in [3.8, 4) is 5.69 Å². The van der Waals surface area contributed by atoms with Crippen LogP contribution >= 0.6 is 0 Å². The van der Waals surface area contributed by atoms with Gasteiger partial charge in [0.05, 0.1) is 12.3 Å². The number of aliphatic hydroxyl groups is 1. The highest BCUT2D eigenvalue weighted by Gasteiger charge is 2.05. The average molecular weight is 323 g/mol. The maximum Gasteiger partial charge on any atom is 0.143 e. The fourth-order valence-corrected chi connectivity index (χ4v) is 2.56. The van der Waals surface area contributed by atoms with Gasteiger partial charge < -0.3 is 10.4 Å². The molecular weight excluding hydrogens is 302 g/mol. The SMILES string of the molecule is CC(NCCc1ccc(CO)cc1)c1ccc(-n2cnnn2)cc1. The Labute approximate surface area is 141 Å². The summed E-state index contributed by atoms with van der Waals surface area (Å²) in [5.74, 6) is 0. The lowest BCUT2D eigenvalue weighted by Crippen LogP contribution is -2.21. The molecule has 0 fully saturated rings. The van der Waals surface area contributed by atoms with Crippen LogP contribution in [0.3, 0.4) is 0 Å². The Bertz CT molecular complexity index is 738. The maximum absolute atomic E-state index is 9.06. The van der Waals surface area contributed by atoms with Crippen molar-refractivity contribution in [2.45, 2.75) is 26.0 Å². The maximum atomic E-state index is 9.06. The van der Waals surface area contributed by atoms with Crippen molar-refractivity contribution in [2.24, 2.45) is 0 Å². The number of hydrogen-bond acceptors (Lipinski definition) is 5. The van der Waals surface area contributed by atoms with Gasteiger partial charge in [-0.2, -0.15) is 0 Å². The van der Waals surface area contributed by atoms with Crippen LogP contribution in [0.1, 0.15) is 29.7 Å². The van der Waals surface area contributed by atoms with Crippen molar-refractivity contribution >= 4 is 0 Å². The molecule has 0 bridgehead atoms. The predicted molar refractivity (Wildman–Crippen MR) is 91.6 cm³/mol. The van der Waals surface area contributed by atoms with Gasteiger partial charge in [0.2, 0.25) is 0 Å². The Kier molecular flexibility index (Phi) is 5.30. The van der Waals surface area contributed by atoms with Crippen LogP contribution in [-0.4, -0.2) is 31.9 Å². The topological polar surface area (TPSA) is 75.9 Å². The molecule has 2 N–H and O–H groups in total. The lowest BCUT2D eigenvalue weighted by atomic mass is 10.1. The number of benzene rings is 2. The first kappa shape index (κ1) is 16.3. The molecule has 1 atom stereocenters. The van der Waals surface area contributed by atoms with Crippen LogP contribution in [0.2, 0.25) is 0 Å². The summed E-state index contributed by atoms with van der Waals surface area (Å²) in [4.78, 5) is 0. The summed E-state index contributed by atoms with van der Waals surface area (Å²) in [7, 11) is 0. The summed E-state index contributed by atoms with van der Waals surface area (Å²) in [5, 5.41) is 23.8. The van der Waals surface area contributed by atoms with E-state index in [9.17, 15) is 0 Å². The molecule has 1 heterocycles. The third-order valence-corrected chi connectivity index (χ3v) is 4.08. The van der Waals surface area contributed by atoms with Crippen LogP contribution in [-0.2, 0) is 13.0 Å². The molecule has 0 saturated carbocycles. The Morgan fingerprint density at radius 2 is 1.75 bits per heavy atom. The zero-order valence-electron chi connectivity index (χ0n) is 13.6. The molecule has 0 aliphatic carbocycles. The van der Waals surface area contributed by atoms with Gasteiger partial charge in [0.25, 0.3) is 0 Å². The number of rotatable bonds is 7. The number of aromatic nitrogens is 4. The Balaban J connectivity index is 1.52. The van der Waals surface area contributed by atoms with Gasteiger partial charge in [-0.1, -0.05) is 36.4 Å². The molecule has 3 aromatic rings. The summed E-state index contributed by atoms with van der Waals surface area (Å²) in [6.07, 6.45) is 2.54. The standard InChI is InChI=1S/C18H21N5O/c1-14(19-11-10-15-2-4-16(12-24)5-3-15)17-6-8-18(9-7-17)23-13-20-21-22-23/h2-9,13-14,19,24H,10-12H2,1H3. The van der Waals surface area contributed by atoms with E-state index in [-0.39, 0.29) is 12.6 Å². The van der Waals surface area contributed by atoms with Crippen molar-refractivity contribution in [1.29, 1.82) is 0 Å². The van der Waals surface area contributed by atoms with E-state index in [1.165, 1.54) is 11.1 Å². The van der Waals surface area contributed by atoms with Gasteiger partial charge in [0, 0.05) is 6.04 Å². The van der Waals surface area contributed by atoms with Crippen molar-refractivity contribution in [3.63, 3.8) is 0 Å². The lowest BCUT2D eigenvalue weighted by molar-refractivity contribution is 0.282. The number of tetrazole rings is 1. The molecule has 6 nitrogen and oxygen atoms in total. The van der Waals surface area contributed by atoms with Gasteiger partial charge in [0.1, 0.15) is 6.33 Å². The minimum absolute atomic E-state index is 0.0935. The fraction of sp³-hybridized carbons (Fsp3) is 0.278. The van der Waals surface area contributed by atoms with Gasteiger partial charge in [-0.05, 0) is 59.1 Å². The van der Waals surface area contributed by atoms with Crippen LogP contribution in [0.25, 0.3) is 5.69 Å². The summed E-state index contributed by atoms with van der Waals surface area (Å²) in [6.45, 7) is 3.14. The lowest BCUT2D eigenvalue weighted by Gasteiger charge is -2.15.